The number of aliphatic hydroxyl groups is 3. The first-order valence-corrected chi connectivity index (χ1v) is 11.5. The summed E-state index contributed by atoms with van der Waals surface area (Å²) in [4.78, 5) is 11.7. The molecule has 0 spiro atoms. The quantitative estimate of drug-likeness (QED) is 0.191. The van der Waals surface area contributed by atoms with Crippen LogP contribution in [0.25, 0.3) is 0 Å². The van der Waals surface area contributed by atoms with E-state index in [4.69, 9.17) is 9.47 Å². The summed E-state index contributed by atoms with van der Waals surface area (Å²) in [5.74, 6) is -0.348. The maximum Gasteiger partial charge on any atom is 0.305 e. The lowest BCUT2D eigenvalue weighted by atomic mass is 10.1. The van der Waals surface area contributed by atoms with Crippen molar-refractivity contribution in [3.8, 4) is 0 Å². The number of carbonyl (C=O) groups is 1. The van der Waals surface area contributed by atoms with Crippen LogP contribution in [0.3, 0.4) is 0 Å². The molecule has 4 atom stereocenters. The van der Waals surface area contributed by atoms with Gasteiger partial charge in [0.05, 0.1) is 6.61 Å². The fraction of sp³-hybridized carbons (Fsp3) is 0.870. The van der Waals surface area contributed by atoms with Crippen molar-refractivity contribution in [3.05, 3.63) is 12.2 Å². The number of esters is 1. The maximum absolute atomic E-state index is 11.7. The standard InChI is InChI=1S/C23H42O6/c1-2-3-4-5-6-7-8-9-10-11-12-13-14-15-16-21(26)28-18-20(25)23-22(27)19(24)17-29-23/h8-9,19-20,22-25,27H,2-7,10-18H2,1H3/b9-8+/t19-,20+,22+,23+/m0/s1. The highest BCUT2D eigenvalue weighted by molar-refractivity contribution is 5.69. The SMILES string of the molecule is CCCCCCC/C=C/CCCCCCCC(=O)OC[C@@H](O)[C@H]1OC[C@H](O)[C@H]1O. The van der Waals surface area contributed by atoms with Crippen LogP contribution >= 0.6 is 0 Å². The van der Waals surface area contributed by atoms with Gasteiger partial charge in [-0.05, 0) is 32.1 Å². The highest BCUT2D eigenvalue weighted by atomic mass is 16.6. The van der Waals surface area contributed by atoms with Crippen LogP contribution in [0.2, 0.25) is 0 Å². The second-order valence-corrected chi connectivity index (χ2v) is 8.09. The molecule has 0 amide bonds. The average molecular weight is 415 g/mol. The van der Waals surface area contributed by atoms with Gasteiger partial charge in [0.25, 0.3) is 0 Å². The number of rotatable bonds is 17. The van der Waals surface area contributed by atoms with Crippen LogP contribution in [0.15, 0.2) is 12.2 Å². The van der Waals surface area contributed by atoms with E-state index in [1.165, 1.54) is 51.4 Å². The van der Waals surface area contributed by atoms with Crippen molar-refractivity contribution in [2.24, 2.45) is 0 Å². The van der Waals surface area contributed by atoms with Crippen LogP contribution in [-0.2, 0) is 14.3 Å². The monoisotopic (exact) mass is 414 g/mol. The summed E-state index contributed by atoms with van der Waals surface area (Å²) in [5.41, 5.74) is 0. The molecule has 0 aromatic heterocycles. The molecule has 0 aromatic rings. The molecule has 6 heteroatoms. The van der Waals surface area contributed by atoms with E-state index in [1.807, 2.05) is 0 Å². The van der Waals surface area contributed by atoms with Crippen molar-refractivity contribution < 1.29 is 29.6 Å². The van der Waals surface area contributed by atoms with E-state index in [-0.39, 0.29) is 19.2 Å². The smallest absolute Gasteiger partial charge is 0.305 e. The third kappa shape index (κ3) is 12.4. The normalized spacial score (nSPS) is 23.0. The lowest BCUT2D eigenvalue weighted by Gasteiger charge is -2.20. The van der Waals surface area contributed by atoms with Crippen LogP contribution in [0.4, 0.5) is 0 Å². The van der Waals surface area contributed by atoms with E-state index in [9.17, 15) is 20.1 Å². The average Bonchev–Trinajstić information content (AvgIpc) is 3.05. The zero-order valence-electron chi connectivity index (χ0n) is 18.1. The Bertz CT molecular complexity index is 439. The first-order chi connectivity index (χ1) is 14.1. The zero-order chi connectivity index (χ0) is 21.3. The molecule has 3 N–H and O–H groups in total. The van der Waals surface area contributed by atoms with Gasteiger partial charge in [0.2, 0.25) is 0 Å². The largest absolute Gasteiger partial charge is 0.463 e. The third-order valence-electron chi connectivity index (χ3n) is 5.38. The number of unbranched alkanes of at least 4 members (excludes halogenated alkanes) is 10. The van der Waals surface area contributed by atoms with E-state index in [0.717, 1.165) is 25.7 Å². The Labute approximate surface area is 176 Å². The minimum Gasteiger partial charge on any atom is -0.463 e. The Balaban J connectivity index is 1.89. The van der Waals surface area contributed by atoms with Crippen LogP contribution < -0.4 is 0 Å². The molecule has 1 fully saturated rings. The number of ether oxygens (including phenoxy) is 2. The van der Waals surface area contributed by atoms with Crippen molar-refractivity contribution in [2.75, 3.05) is 13.2 Å². The van der Waals surface area contributed by atoms with Gasteiger partial charge in [0.1, 0.15) is 31.0 Å². The van der Waals surface area contributed by atoms with Gasteiger partial charge in [0, 0.05) is 6.42 Å². The van der Waals surface area contributed by atoms with Gasteiger partial charge >= 0.3 is 5.97 Å². The number of aliphatic hydroxyl groups excluding tert-OH is 3. The molecule has 1 saturated heterocycles. The second-order valence-electron chi connectivity index (χ2n) is 8.09. The number of hydrogen-bond acceptors (Lipinski definition) is 6. The van der Waals surface area contributed by atoms with Crippen molar-refractivity contribution >= 4 is 5.97 Å². The Morgan fingerprint density at radius 3 is 2.17 bits per heavy atom. The first kappa shape index (κ1) is 26.1. The predicted molar refractivity (Wildman–Crippen MR) is 114 cm³/mol. The number of allylic oxidation sites excluding steroid dienone is 2. The Kier molecular flexibility index (Phi) is 15.1. The molecular formula is C23H42O6. The van der Waals surface area contributed by atoms with Crippen molar-refractivity contribution in [2.45, 2.75) is 115 Å². The molecule has 1 heterocycles. The topological polar surface area (TPSA) is 96.2 Å². The lowest BCUT2D eigenvalue weighted by molar-refractivity contribution is -0.151. The maximum atomic E-state index is 11.7. The minimum absolute atomic E-state index is 0.0221. The molecule has 0 radical (unpaired) electrons. The summed E-state index contributed by atoms with van der Waals surface area (Å²) in [6.45, 7) is 1.99. The number of hydrogen-bond donors (Lipinski definition) is 3. The number of carbonyl (C=O) groups excluding carboxylic acids is 1. The molecule has 1 aliphatic heterocycles. The Morgan fingerprint density at radius 1 is 1.00 bits per heavy atom. The van der Waals surface area contributed by atoms with Crippen molar-refractivity contribution in [1.82, 2.24) is 0 Å². The van der Waals surface area contributed by atoms with Crippen molar-refractivity contribution in [3.63, 3.8) is 0 Å². The summed E-state index contributed by atoms with van der Waals surface area (Å²) in [6.07, 6.45) is 15.0. The molecular weight excluding hydrogens is 372 g/mol. The van der Waals surface area contributed by atoms with Gasteiger partial charge in [0.15, 0.2) is 0 Å². The molecule has 0 unspecified atom stereocenters. The lowest BCUT2D eigenvalue weighted by Crippen LogP contribution is -2.41. The van der Waals surface area contributed by atoms with E-state index >= 15 is 0 Å². The molecule has 0 aliphatic carbocycles. The third-order valence-corrected chi connectivity index (χ3v) is 5.38. The van der Waals surface area contributed by atoms with Crippen LogP contribution in [0.1, 0.15) is 90.4 Å². The summed E-state index contributed by atoms with van der Waals surface area (Å²) >= 11 is 0. The van der Waals surface area contributed by atoms with Gasteiger partial charge < -0.3 is 24.8 Å². The summed E-state index contributed by atoms with van der Waals surface area (Å²) < 4.78 is 10.2. The van der Waals surface area contributed by atoms with Gasteiger partial charge in [-0.3, -0.25) is 4.79 Å². The van der Waals surface area contributed by atoms with Gasteiger partial charge in [-0.1, -0.05) is 64.0 Å². The van der Waals surface area contributed by atoms with Crippen molar-refractivity contribution in [1.29, 1.82) is 0 Å². The molecule has 170 valence electrons. The molecule has 1 aliphatic rings. The van der Waals surface area contributed by atoms with E-state index in [0.29, 0.717) is 6.42 Å². The molecule has 0 bridgehead atoms. The van der Waals surface area contributed by atoms with E-state index < -0.39 is 24.4 Å². The van der Waals surface area contributed by atoms with E-state index in [2.05, 4.69) is 19.1 Å². The highest BCUT2D eigenvalue weighted by Gasteiger charge is 2.39. The van der Waals surface area contributed by atoms with Gasteiger partial charge in [-0.25, -0.2) is 0 Å². The molecule has 29 heavy (non-hydrogen) atoms. The summed E-state index contributed by atoms with van der Waals surface area (Å²) in [6, 6.07) is 0. The van der Waals surface area contributed by atoms with Crippen LogP contribution in [0.5, 0.6) is 0 Å². The fourth-order valence-electron chi connectivity index (χ4n) is 3.47. The van der Waals surface area contributed by atoms with Gasteiger partial charge in [-0.2, -0.15) is 0 Å². The molecule has 1 rings (SSSR count). The zero-order valence-corrected chi connectivity index (χ0v) is 18.1. The van der Waals surface area contributed by atoms with Crippen LogP contribution in [-0.4, -0.2) is 58.9 Å². The highest BCUT2D eigenvalue weighted by Crippen LogP contribution is 2.18. The summed E-state index contributed by atoms with van der Waals surface area (Å²) in [5, 5.41) is 29.0. The molecule has 0 aromatic carbocycles. The van der Waals surface area contributed by atoms with Crippen LogP contribution in [0, 0.1) is 0 Å². The van der Waals surface area contributed by atoms with Gasteiger partial charge in [-0.15, -0.1) is 0 Å². The summed E-state index contributed by atoms with van der Waals surface area (Å²) in [7, 11) is 0. The second kappa shape index (κ2) is 16.8. The van der Waals surface area contributed by atoms with E-state index in [1.54, 1.807) is 0 Å². The Morgan fingerprint density at radius 2 is 1.59 bits per heavy atom. The first-order valence-electron chi connectivity index (χ1n) is 11.5. The molecule has 0 saturated carbocycles. The Hall–Kier alpha value is -0.950. The molecule has 6 nitrogen and oxygen atoms in total. The fourth-order valence-corrected chi connectivity index (χ4v) is 3.47. The minimum atomic E-state index is -1.15. The predicted octanol–water partition coefficient (Wildman–Crippen LogP) is 3.66.